The van der Waals surface area contributed by atoms with E-state index in [4.69, 9.17) is 4.43 Å². The molecule has 0 bridgehead atoms. The monoisotopic (exact) mass is 262 g/mol. The summed E-state index contributed by atoms with van der Waals surface area (Å²) in [4.78, 5) is 10.8. The Hall–Kier alpha value is -1.09. The lowest BCUT2D eigenvalue weighted by molar-refractivity contribution is -0.109. The summed E-state index contributed by atoms with van der Waals surface area (Å²) in [5.41, 5.74) is 2.44. The summed E-state index contributed by atoms with van der Waals surface area (Å²) in [6, 6.07) is 6.16. The number of benzene rings is 1. The average molecular weight is 262 g/mol. The zero-order chi connectivity index (χ0) is 13.6. The van der Waals surface area contributed by atoms with Crippen LogP contribution < -0.4 is 4.43 Å². The van der Waals surface area contributed by atoms with Crippen LogP contribution in [0.15, 0.2) is 18.2 Å². The molecular weight excluding hydrogens is 240 g/mol. The van der Waals surface area contributed by atoms with Gasteiger partial charge in [0.25, 0.3) is 0 Å². The van der Waals surface area contributed by atoms with Crippen LogP contribution in [0.3, 0.4) is 0 Å². The SMILES string of the molecule is CC(C)(C)[Si](C)(C)Oc1ccc2c(c1)CC2C=O. The Morgan fingerprint density at radius 2 is 2.00 bits per heavy atom. The summed E-state index contributed by atoms with van der Waals surface area (Å²) in [5.74, 6) is 1.08. The minimum Gasteiger partial charge on any atom is -0.543 e. The number of carbonyl (C=O) groups excluding carboxylic acids is 1. The molecule has 0 fully saturated rings. The van der Waals surface area contributed by atoms with E-state index in [-0.39, 0.29) is 11.0 Å². The molecule has 0 spiro atoms. The topological polar surface area (TPSA) is 26.3 Å². The molecule has 2 rings (SSSR count). The Kier molecular flexibility index (Phi) is 3.14. The van der Waals surface area contributed by atoms with E-state index < -0.39 is 8.32 Å². The van der Waals surface area contributed by atoms with Gasteiger partial charge >= 0.3 is 0 Å². The fourth-order valence-electron chi connectivity index (χ4n) is 1.97. The van der Waals surface area contributed by atoms with Crippen LogP contribution in [-0.2, 0) is 11.2 Å². The van der Waals surface area contributed by atoms with E-state index in [0.29, 0.717) is 0 Å². The Labute approximate surface area is 110 Å². The molecule has 0 N–H and O–H groups in total. The van der Waals surface area contributed by atoms with Crippen molar-refractivity contribution in [1.82, 2.24) is 0 Å². The van der Waals surface area contributed by atoms with Gasteiger partial charge in [-0.1, -0.05) is 26.8 Å². The fourth-order valence-corrected chi connectivity index (χ4v) is 2.99. The maximum absolute atomic E-state index is 10.8. The van der Waals surface area contributed by atoms with Crippen LogP contribution in [0.5, 0.6) is 5.75 Å². The van der Waals surface area contributed by atoms with Crippen molar-refractivity contribution >= 4 is 14.6 Å². The van der Waals surface area contributed by atoms with Crippen LogP contribution in [0.1, 0.15) is 37.8 Å². The van der Waals surface area contributed by atoms with Crippen LogP contribution in [0.4, 0.5) is 0 Å². The lowest BCUT2D eigenvalue weighted by atomic mass is 9.78. The van der Waals surface area contributed by atoms with Crippen molar-refractivity contribution in [2.45, 2.75) is 51.2 Å². The van der Waals surface area contributed by atoms with E-state index >= 15 is 0 Å². The highest BCUT2D eigenvalue weighted by molar-refractivity contribution is 6.74. The zero-order valence-corrected chi connectivity index (χ0v) is 12.9. The van der Waals surface area contributed by atoms with Crippen molar-refractivity contribution in [2.75, 3.05) is 0 Å². The molecule has 0 aromatic heterocycles. The number of rotatable bonds is 3. The van der Waals surface area contributed by atoms with Gasteiger partial charge in [0.15, 0.2) is 0 Å². The van der Waals surface area contributed by atoms with E-state index in [0.717, 1.165) is 18.5 Å². The van der Waals surface area contributed by atoms with Crippen LogP contribution in [0, 0.1) is 0 Å². The molecule has 1 atom stereocenters. The fraction of sp³-hybridized carbons (Fsp3) is 0.533. The van der Waals surface area contributed by atoms with E-state index in [1.807, 2.05) is 12.1 Å². The molecule has 18 heavy (non-hydrogen) atoms. The normalized spacial score (nSPS) is 18.8. The summed E-state index contributed by atoms with van der Waals surface area (Å²) >= 11 is 0. The standard InChI is InChI=1S/C15H22O2Si/c1-15(2,3)18(4,5)17-13-6-7-14-11(9-13)8-12(14)10-16/h6-7,9-10,12H,8H2,1-5H3. The van der Waals surface area contributed by atoms with Gasteiger partial charge in [0.1, 0.15) is 12.0 Å². The highest BCUT2D eigenvalue weighted by atomic mass is 28.4. The van der Waals surface area contributed by atoms with Crippen molar-refractivity contribution in [3.63, 3.8) is 0 Å². The molecule has 1 aromatic carbocycles. The molecule has 1 aliphatic rings. The molecular formula is C15H22O2Si. The van der Waals surface area contributed by atoms with Crippen molar-refractivity contribution in [1.29, 1.82) is 0 Å². The van der Waals surface area contributed by atoms with Crippen LogP contribution in [0.2, 0.25) is 18.1 Å². The third-order valence-electron chi connectivity index (χ3n) is 4.30. The van der Waals surface area contributed by atoms with Gasteiger partial charge in [0.2, 0.25) is 8.32 Å². The molecule has 1 aliphatic carbocycles. The quantitative estimate of drug-likeness (QED) is 0.610. The maximum Gasteiger partial charge on any atom is 0.250 e. The zero-order valence-electron chi connectivity index (χ0n) is 11.9. The third kappa shape index (κ3) is 2.24. The largest absolute Gasteiger partial charge is 0.543 e. The molecule has 1 unspecified atom stereocenters. The van der Waals surface area contributed by atoms with Crippen LogP contribution in [-0.4, -0.2) is 14.6 Å². The van der Waals surface area contributed by atoms with Gasteiger partial charge < -0.3 is 9.22 Å². The van der Waals surface area contributed by atoms with E-state index in [9.17, 15) is 4.79 Å². The second kappa shape index (κ2) is 4.23. The lowest BCUT2D eigenvalue weighted by Gasteiger charge is -2.37. The highest BCUT2D eigenvalue weighted by Crippen LogP contribution is 2.40. The number of hydrogen-bond donors (Lipinski definition) is 0. The van der Waals surface area contributed by atoms with Gasteiger partial charge in [-0.05, 0) is 47.8 Å². The first-order valence-electron chi connectivity index (χ1n) is 6.52. The maximum atomic E-state index is 10.8. The number of carbonyl (C=O) groups is 1. The van der Waals surface area contributed by atoms with Crippen molar-refractivity contribution in [2.24, 2.45) is 0 Å². The smallest absolute Gasteiger partial charge is 0.250 e. The van der Waals surface area contributed by atoms with Crippen molar-refractivity contribution in [3.8, 4) is 5.75 Å². The molecule has 0 saturated heterocycles. The summed E-state index contributed by atoms with van der Waals surface area (Å²) in [7, 11) is -1.76. The lowest BCUT2D eigenvalue weighted by Crippen LogP contribution is -2.43. The molecule has 1 aromatic rings. The van der Waals surface area contributed by atoms with Crippen molar-refractivity contribution < 1.29 is 9.22 Å². The highest BCUT2D eigenvalue weighted by Gasteiger charge is 2.39. The predicted molar refractivity (Wildman–Crippen MR) is 76.8 cm³/mol. The second-order valence-electron chi connectivity index (χ2n) is 6.67. The summed E-state index contributed by atoms with van der Waals surface area (Å²) in [5, 5.41) is 0.210. The van der Waals surface area contributed by atoms with E-state index in [2.05, 4.69) is 39.9 Å². The summed E-state index contributed by atoms with van der Waals surface area (Å²) < 4.78 is 6.26. The van der Waals surface area contributed by atoms with Gasteiger partial charge in [-0.25, -0.2) is 0 Å². The first kappa shape index (κ1) is 13.3. The third-order valence-corrected chi connectivity index (χ3v) is 8.66. The Bertz CT molecular complexity index is 472. The molecule has 0 saturated carbocycles. The second-order valence-corrected chi connectivity index (χ2v) is 11.4. The molecule has 0 radical (unpaired) electrons. The average Bonchev–Trinajstić information content (AvgIpc) is 2.19. The van der Waals surface area contributed by atoms with Crippen molar-refractivity contribution in [3.05, 3.63) is 29.3 Å². The first-order chi connectivity index (χ1) is 8.24. The number of hydrogen-bond acceptors (Lipinski definition) is 2. The van der Waals surface area contributed by atoms with Crippen LogP contribution in [0.25, 0.3) is 0 Å². The molecule has 2 nitrogen and oxygen atoms in total. The minimum absolute atomic E-state index is 0.113. The predicted octanol–water partition coefficient (Wildman–Crippen LogP) is 3.91. The van der Waals surface area contributed by atoms with Gasteiger partial charge in [-0.3, -0.25) is 0 Å². The minimum atomic E-state index is -1.76. The molecule has 0 heterocycles. The Morgan fingerprint density at radius 3 is 2.50 bits per heavy atom. The molecule has 98 valence electrons. The summed E-state index contributed by atoms with van der Waals surface area (Å²) in [6.07, 6.45) is 1.91. The molecule has 0 aliphatic heterocycles. The van der Waals surface area contributed by atoms with Gasteiger partial charge in [0, 0.05) is 5.92 Å². The number of aldehydes is 1. The Balaban J connectivity index is 2.18. The Morgan fingerprint density at radius 1 is 1.33 bits per heavy atom. The first-order valence-corrected chi connectivity index (χ1v) is 9.42. The van der Waals surface area contributed by atoms with E-state index in [1.54, 1.807) is 0 Å². The molecule has 0 amide bonds. The van der Waals surface area contributed by atoms with Gasteiger partial charge in [-0.15, -0.1) is 0 Å². The van der Waals surface area contributed by atoms with Gasteiger partial charge in [-0.2, -0.15) is 0 Å². The summed E-state index contributed by atoms with van der Waals surface area (Å²) in [6.45, 7) is 11.2. The van der Waals surface area contributed by atoms with E-state index in [1.165, 1.54) is 11.1 Å². The number of fused-ring (bicyclic) bond motifs is 1. The molecule has 3 heteroatoms. The van der Waals surface area contributed by atoms with Gasteiger partial charge in [0.05, 0.1) is 0 Å². The van der Waals surface area contributed by atoms with Crippen LogP contribution >= 0.6 is 0 Å².